The summed E-state index contributed by atoms with van der Waals surface area (Å²) in [5, 5.41) is 4.87. The number of sulfone groups is 1. The summed E-state index contributed by atoms with van der Waals surface area (Å²) in [7, 11) is -5.73. The fraction of sp³-hybridized carbons (Fsp3) is 0.462. The van der Waals surface area contributed by atoms with Crippen LogP contribution in [0.25, 0.3) is 0 Å². The van der Waals surface area contributed by atoms with Gasteiger partial charge in [0.05, 0.1) is 12.2 Å². The van der Waals surface area contributed by atoms with E-state index in [1.54, 1.807) is 0 Å². The second-order valence-electron chi connectivity index (χ2n) is 5.19. The van der Waals surface area contributed by atoms with Crippen LogP contribution >= 0.6 is 0 Å². The van der Waals surface area contributed by atoms with Crippen LogP contribution in [0.3, 0.4) is 0 Å². The van der Waals surface area contributed by atoms with Gasteiger partial charge in [0, 0.05) is 6.54 Å². The van der Waals surface area contributed by atoms with E-state index in [0.717, 1.165) is 25.0 Å². The molecule has 0 aliphatic heterocycles. The zero-order chi connectivity index (χ0) is 17.3. The van der Waals surface area contributed by atoms with Crippen LogP contribution in [-0.2, 0) is 14.6 Å². The molecule has 0 saturated heterocycles. The predicted octanol–water partition coefficient (Wildman–Crippen LogP) is 2.06. The Kier molecular flexibility index (Phi) is 4.83. The molecule has 1 saturated carbocycles. The first kappa shape index (κ1) is 17.5. The quantitative estimate of drug-likeness (QED) is 0.767. The number of rotatable bonds is 6. The van der Waals surface area contributed by atoms with Gasteiger partial charge < -0.3 is 10.6 Å². The average molecular weight is 354 g/mol. The van der Waals surface area contributed by atoms with Gasteiger partial charge in [-0.05, 0) is 37.0 Å². The molecule has 0 radical (unpaired) electrons. The number of carbonyl (C=O) groups excluding carboxylic acids is 1. The summed E-state index contributed by atoms with van der Waals surface area (Å²) in [5.41, 5.74) is -6.05. The van der Waals surface area contributed by atoms with Crippen LogP contribution in [0.4, 0.5) is 23.2 Å². The second kappa shape index (κ2) is 6.34. The number of halogens is 4. The number of nitrogens with one attached hydrogen (secondary N) is 2. The molecule has 0 aromatic heterocycles. The number of hydrogen-bond donors (Lipinski definition) is 2. The molecule has 128 valence electrons. The van der Waals surface area contributed by atoms with Crippen LogP contribution in [0, 0.1) is 11.7 Å². The van der Waals surface area contributed by atoms with Crippen molar-refractivity contribution in [3.63, 3.8) is 0 Å². The van der Waals surface area contributed by atoms with E-state index in [4.69, 9.17) is 0 Å². The zero-order valence-corrected chi connectivity index (χ0v) is 12.6. The van der Waals surface area contributed by atoms with Crippen molar-refractivity contribution in [2.24, 2.45) is 5.92 Å². The fourth-order valence-corrected chi connectivity index (χ4v) is 2.75. The van der Waals surface area contributed by atoms with Crippen molar-refractivity contribution in [1.82, 2.24) is 5.32 Å². The van der Waals surface area contributed by atoms with Crippen molar-refractivity contribution < 1.29 is 30.8 Å². The summed E-state index contributed by atoms with van der Waals surface area (Å²) >= 11 is 0. The van der Waals surface area contributed by atoms with Crippen LogP contribution in [-0.4, -0.2) is 32.9 Å². The minimum absolute atomic E-state index is 0.271. The molecule has 0 unspecified atom stereocenters. The van der Waals surface area contributed by atoms with Gasteiger partial charge in [-0.15, -0.1) is 0 Å². The van der Waals surface area contributed by atoms with Gasteiger partial charge in [-0.2, -0.15) is 13.2 Å². The van der Waals surface area contributed by atoms with Gasteiger partial charge in [-0.25, -0.2) is 12.8 Å². The molecule has 1 aliphatic carbocycles. The van der Waals surface area contributed by atoms with E-state index in [1.165, 1.54) is 0 Å². The maximum absolute atomic E-state index is 13.1. The summed E-state index contributed by atoms with van der Waals surface area (Å²) < 4.78 is 74.0. The molecule has 23 heavy (non-hydrogen) atoms. The van der Waals surface area contributed by atoms with Gasteiger partial charge in [0.25, 0.3) is 9.84 Å². The lowest BCUT2D eigenvalue weighted by Gasteiger charge is -2.14. The van der Waals surface area contributed by atoms with E-state index in [-0.39, 0.29) is 6.07 Å². The summed E-state index contributed by atoms with van der Waals surface area (Å²) in [6, 6.07) is 1.93. The smallest absolute Gasteiger partial charge is 0.375 e. The minimum Gasteiger partial charge on any atom is -0.375 e. The van der Waals surface area contributed by atoms with Crippen molar-refractivity contribution in [2.75, 3.05) is 18.4 Å². The summed E-state index contributed by atoms with van der Waals surface area (Å²) in [6.45, 7) is 0.0520. The topological polar surface area (TPSA) is 75.3 Å². The van der Waals surface area contributed by atoms with Crippen LogP contribution in [0.5, 0.6) is 0 Å². The van der Waals surface area contributed by atoms with Gasteiger partial charge >= 0.3 is 5.51 Å². The lowest BCUT2D eigenvalue weighted by Crippen LogP contribution is -2.32. The van der Waals surface area contributed by atoms with Crippen molar-refractivity contribution >= 4 is 21.4 Å². The Morgan fingerprint density at radius 2 is 1.91 bits per heavy atom. The molecule has 0 spiro atoms. The molecule has 10 heteroatoms. The van der Waals surface area contributed by atoms with Gasteiger partial charge in [-0.1, -0.05) is 0 Å². The van der Waals surface area contributed by atoms with Gasteiger partial charge in [0.15, 0.2) is 0 Å². The number of hydrogen-bond acceptors (Lipinski definition) is 4. The molecule has 0 atom stereocenters. The van der Waals surface area contributed by atoms with Crippen molar-refractivity contribution in [3.05, 3.63) is 24.0 Å². The lowest BCUT2D eigenvalue weighted by molar-refractivity contribution is -0.119. The molecule has 0 heterocycles. The highest BCUT2D eigenvalue weighted by atomic mass is 32.2. The molecule has 5 nitrogen and oxygen atoms in total. The van der Waals surface area contributed by atoms with E-state index in [0.29, 0.717) is 12.5 Å². The second-order valence-corrected chi connectivity index (χ2v) is 7.10. The third-order valence-electron chi connectivity index (χ3n) is 3.26. The molecule has 2 N–H and O–H groups in total. The van der Waals surface area contributed by atoms with Crippen LogP contribution in [0.2, 0.25) is 0 Å². The average Bonchev–Trinajstić information content (AvgIpc) is 3.26. The Balaban J connectivity index is 2.13. The van der Waals surface area contributed by atoms with Crippen molar-refractivity contribution in [2.45, 2.75) is 23.2 Å². The SMILES string of the molecule is O=C(CNc1ccc(F)cc1S(=O)(=O)C(F)(F)F)NCC1CC1. The molecule has 1 aromatic rings. The van der Waals surface area contributed by atoms with E-state index in [2.05, 4.69) is 10.6 Å². The number of carbonyl (C=O) groups is 1. The zero-order valence-electron chi connectivity index (χ0n) is 11.8. The van der Waals surface area contributed by atoms with Crippen LogP contribution in [0.1, 0.15) is 12.8 Å². The summed E-state index contributed by atoms with van der Waals surface area (Å²) in [6.07, 6.45) is 2.03. The maximum Gasteiger partial charge on any atom is 0.501 e. The molecule has 1 amide bonds. The Morgan fingerprint density at radius 1 is 1.26 bits per heavy atom. The largest absolute Gasteiger partial charge is 0.501 e. The molecular weight excluding hydrogens is 340 g/mol. The highest BCUT2D eigenvalue weighted by molar-refractivity contribution is 7.92. The van der Waals surface area contributed by atoms with Crippen molar-refractivity contribution in [3.8, 4) is 0 Å². The molecule has 2 rings (SSSR count). The molecule has 1 fully saturated rings. The van der Waals surface area contributed by atoms with Crippen molar-refractivity contribution in [1.29, 1.82) is 0 Å². The Bertz CT molecular complexity index is 700. The molecular formula is C13H14F4N2O3S. The summed E-state index contributed by atoms with van der Waals surface area (Å²) in [4.78, 5) is 10.3. The first-order valence-corrected chi connectivity index (χ1v) is 8.21. The Labute approximate surface area is 130 Å². The third kappa shape index (κ3) is 4.34. The lowest BCUT2D eigenvalue weighted by atomic mass is 10.3. The third-order valence-corrected chi connectivity index (χ3v) is 4.79. The van der Waals surface area contributed by atoms with E-state index >= 15 is 0 Å². The van der Waals surface area contributed by atoms with Gasteiger partial charge in [0.2, 0.25) is 5.91 Å². The maximum atomic E-state index is 13.1. The minimum atomic E-state index is -5.73. The molecule has 1 aliphatic rings. The van der Waals surface area contributed by atoms with E-state index in [1.807, 2.05) is 0 Å². The van der Waals surface area contributed by atoms with Crippen LogP contribution in [0.15, 0.2) is 23.1 Å². The highest BCUT2D eigenvalue weighted by Crippen LogP contribution is 2.34. The Morgan fingerprint density at radius 3 is 2.48 bits per heavy atom. The van der Waals surface area contributed by atoms with E-state index < -0.39 is 44.2 Å². The number of benzene rings is 1. The highest BCUT2D eigenvalue weighted by Gasteiger charge is 2.48. The fourth-order valence-electron chi connectivity index (χ4n) is 1.81. The first-order valence-electron chi connectivity index (χ1n) is 6.73. The van der Waals surface area contributed by atoms with Gasteiger partial charge in [-0.3, -0.25) is 4.79 Å². The number of anilines is 1. The number of amides is 1. The van der Waals surface area contributed by atoms with Crippen LogP contribution < -0.4 is 10.6 Å². The monoisotopic (exact) mass is 354 g/mol. The normalized spacial score (nSPS) is 15.3. The van der Waals surface area contributed by atoms with E-state index in [9.17, 15) is 30.8 Å². The molecule has 0 bridgehead atoms. The first-order chi connectivity index (χ1) is 10.6. The summed E-state index contributed by atoms with van der Waals surface area (Å²) in [5.74, 6) is -1.20. The number of alkyl halides is 3. The van der Waals surface area contributed by atoms with Gasteiger partial charge in [0.1, 0.15) is 10.7 Å². The standard InChI is InChI=1S/C13H14F4N2O3S/c14-9-3-4-10(11(5-9)23(21,22)13(15,16)17)18-7-12(20)19-6-8-1-2-8/h3-5,8,18H,1-2,6-7H2,(H,19,20). The Hall–Kier alpha value is -1.84. The molecule has 1 aromatic carbocycles. The predicted molar refractivity (Wildman–Crippen MR) is 73.9 cm³/mol.